The average Bonchev–Trinajstić information content (AvgIpc) is 2.88. The number of hydrogen-bond donors (Lipinski definition) is 2. The van der Waals surface area contributed by atoms with Crippen LogP contribution in [0.2, 0.25) is 5.02 Å². The maximum Gasteiger partial charge on any atom is 0.335 e. The molecule has 8 heteroatoms. The highest BCUT2D eigenvalue weighted by Gasteiger charge is 2.42. The molecule has 3 aliphatic rings. The molecule has 2 N–H and O–H groups in total. The number of aliphatic hydroxyl groups is 1. The van der Waals surface area contributed by atoms with Gasteiger partial charge in [-0.3, -0.25) is 9.88 Å². The number of aromatic nitrogens is 1. The lowest BCUT2D eigenvalue weighted by molar-refractivity contribution is -0.0444. The van der Waals surface area contributed by atoms with Crippen LogP contribution in [0.5, 0.6) is 5.75 Å². The molecule has 0 amide bonds. The van der Waals surface area contributed by atoms with Crippen molar-refractivity contribution >= 4 is 40.9 Å². The van der Waals surface area contributed by atoms with E-state index in [0.29, 0.717) is 16.9 Å². The van der Waals surface area contributed by atoms with E-state index in [1.54, 1.807) is 25.4 Å². The first kappa shape index (κ1) is 27.0. The minimum atomic E-state index is -0.934. The molecule has 3 aromatic rings. The summed E-state index contributed by atoms with van der Waals surface area (Å²) >= 11 is 5.52. The molecule has 3 fully saturated rings. The Hall–Kier alpha value is -2.64. The Morgan fingerprint density at radius 3 is 2.60 bits per heavy atom. The Morgan fingerprint density at radius 2 is 2.00 bits per heavy atom. The first-order chi connectivity index (χ1) is 16.4. The molecule has 0 spiro atoms. The second kappa shape index (κ2) is 11.9. The van der Waals surface area contributed by atoms with Crippen molar-refractivity contribution in [2.24, 2.45) is 11.8 Å². The van der Waals surface area contributed by atoms with Crippen LogP contribution >= 0.6 is 24.0 Å². The highest BCUT2D eigenvalue weighted by molar-refractivity contribution is 6.30. The molecule has 5 atom stereocenters. The van der Waals surface area contributed by atoms with Crippen LogP contribution in [0.25, 0.3) is 10.9 Å². The molecule has 3 aliphatic heterocycles. The number of carboxylic acids is 1. The number of rotatable bonds is 5. The fraction of sp³-hybridized carbons (Fsp3) is 0.333. The van der Waals surface area contributed by atoms with E-state index in [0.717, 1.165) is 41.7 Å². The summed E-state index contributed by atoms with van der Waals surface area (Å²) in [6.45, 7) is 6.07. The Bertz CT molecular complexity index is 1170. The van der Waals surface area contributed by atoms with Crippen LogP contribution in [0, 0.1) is 11.8 Å². The van der Waals surface area contributed by atoms with Crippen LogP contribution in [-0.2, 0) is 0 Å². The first-order valence-corrected chi connectivity index (χ1v) is 11.7. The number of pyridine rings is 1. The molecule has 2 bridgehead atoms. The third-order valence-electron chi connectivity index (χ3n) is 6.91. The predicted octanol–water partition coefficient (Wildman–Crippen LogP) is 5.63. The van der Waals surface area contributed by atoms with E-state index in [9.17, 15) is 9.90 Å². The Labute approximate surface area is 216 Å². The molecule has 0 radical (unpaired) electrons. The van der Waals surface area contributed by atoms with Gasteiger partial charge in [-0.2, -0.15) is 0 Å². The van der Waals surface area contributed by atoms with Crippen LogP contribution in [0.1, 0.15) is 34.9 Å². The molecule has 4 heterocycles. The molecule has 6 nitrogen and oxygen atoms in total. The van der Waals surface area contributed by atoms with Gasteiger partial charge in [0.05, 0.1) is 24.3 Å². The van der Waals surface area contributed by atoms with Crippen LogP contribution < -0.4 is 4.74 Å². The number of ether oxygens (including phenoxy) is 1. The van der Waals surface area contributed by atoms with Crippen molar-refractivity contribution in [2.75, 3.05) is 20.2 Å². The van der Waals surface area contributed by atoms with Crippen molar-refractivity contribution in [1.82, 2.24) is 9.88 Å². The molecule has 35 heavy (non-hydrogen) atoms. The van der Waals surface area contributed by atoms with Gasteiger partial charge >= 0.3 is 5.97 Å². The van der Waals surface area contributed by atoms with Crippen LogP contribution in [0.4, 0.5) is 0 Å². The maximum atomic E-state index is 11.2. The quantitative estimate of drug-likeness (QED) is 0.427. The molecule has 2 aromatic carbocycles. The number of methoxy groups -OCH3 is 1. The standard InChI is InChI=1S/C20H24N2O2.C7H5ClO2.ClH/c1-3-13-12-22-9-7-14(13)10-19(22)20(23)16-6-8-21-18-5-4-15(24-2)11-17(16)18;8-6-3-1-5(2-4-6)7(9)10;/h3-6,8,11,13-14,19-20,23H,1,7,9-10,12H2,2H3;1-4H,(H,9,10);1H/t13-,14-,19+,20-;;/m0../s1. The lowest BCUT2D eigenvalue weighted by Crippen LogP contribution is -2.54. The van der Waals surface area contributed by atoms with Gasteiger partial charge in [0.25, 0.3) is 0 Å². The molecular weight excluding hydrogens is 487 g/mol. The number of nitrogens with zero attached hydrogens (tertiary/aromatic N) is 2. The highest BCUT2D eigenvalue weighted by atomic mass is 35.5. The van der Waals surface area contributed by atoms with Crippen molar-refractivity contribution in [3.05, 3.63) is 83.5 Å². The number of aliphatic hydroxyl groups excluding tert-OH is 1. The summed E-state index contributed by atoms with van der Waals surface area (Å²) in [5.74, 6) is 1.07. The molecule has 3 saturated heterocycles. The van der Waals surface area contributed by atoms with Gasteiger partial charge in [-0.1, -0.05) is 17.7 Å². The van der Waals surface area contributed by atoms with Crippen molar-refractivity contribution in [1.29, 1.82) is 0 Å². The number of fused-ring (bicyclic) bond motifs is 4. The van der Waals surface area contributed by atoms with E-state index in [1.165, 1.54) is 18.6 Å². The average molecular weight is 517 g/mol. The van der Waals surface area contributed by atoms with Crippen LogP contribution in [-0.4, -0.2) is 52.3 Å². The summed E-state index contributed by atoms with van der Waals surface area (Å²) in [5.41, 5.74) is 2.10. The lowest BCUT2D eigenvalue weighted by Gasteiger charge is -2.50. The largest absolute Gasteiger partial charge is 0.497 e. The van der Waals surface area contributed by atoms with Gasteiger partial charge < -0.3 is 14.9 Å². The van der Waals surface area contributed by atoms with Gasteiger partial charge in [0.15, 0.2) is 0 Å². The number of piperidine rings is 3. The minimum Gasteiger partial charge on any atom is -0.497 e. The summed E-state index contributed by atoms with van der Waals surface area (Å²) in [6, 6.07) is 14.0. The van der Waals surface area contributed by atoms with Crippen molar-refractivity contribution in [3.8, 4) is 5.75 Å². The topological polar surface area (TPSA) is 82.9 Å². The molecule has 1 aromatic heterocycles. The van der Waals surface area contributed by atoms with Crippen molar-refractivity contribution in [3.63, 3.8) is 0 Å². The SMILES string of the molecule is C=C[C@H]1C[N@]2CC[C@H]1C[C@@H]2[C@@H](O)c1ccnc2ccc(OC)cc12.Cl.O=C(O)c1ccc(Cl)cc1. The fourth-order valence-corrected chi connectivity index (χ4v) is 5.16. The van der Waals surface area contributed by atoms with E-state index in [1.807, 2.05) is 24.3 Å². The summed E-state index contributed by atoms with van der Waals surface area (Å²) in [4.78, 5) is 17.1. The van der Waals surface area contributed by atoms with Gasteiger partial charge in [-0.25, -0.2) is 4.79 Å². The second-order valence-electron chi connectivity index (χ2n) is 8.79. The second-order valence-corrected chi connectivity index (χ2v) is 9.22. The molecular formula is C27H30Cl2N2O4. The maximum absolute atomic E-state index is 11.2. The third-order valence-corrected chi connectivity index (χ3v) is 7.16. The fourth-order valence-electron chi connectivity index (χ4n) is 5.04. The number of benzene rings is 2. The van der Waals surface area contributed by atoms with Crippen molar-refractivity contribution in [2.45, 2.75) is 25.0 Å². The van der Waals surface area contributed by atoms with Gasteiger partial charge in [0.2, 0.25) is 0 Å². The zero-order valence-electron chi connectivity index (χ0n) is 19.5. The Balaban J connectivity index is 0.000000264. The van der Waals surface area contributed by atoms with Gasteiger partial charge in [-0.05, 0) is 85.3 Å². The smallest absolute Gasteiger partial charge is 0.335 e. The van der Waals surface area contributed by atoms with Gasteiger partial charge in [0, 0.05) is 29.2 Å². The summed E-state index contributed by atoms with van der Waals surface area (Å²) in [6.07, 6.45) is 5.62. The number of carbonyl (C=O) groups is 1. The molecule has 0 saturated carbocycles. The molecule has 0 aliphatic carbocycles. The zero-order valence-corrected chi connectivity index (χ0v) is 21.1. The van der Waals surface area contributed by atoms with Crippen molar-refractivity contribution < 1.29 is 19.7 Å². The van der Waals surface area contributed by atoms with E-state index in [2.05, 4.69) is 22.5 Å². The van der Waals surface area contributed by atoms with E-state index >= 15 is 0 Å². The number of hydrogen-bond acceptors (Lipinski definition) is 5. The Morgan fingerprint density at radius 1 is 1.26 bits per heavy atom. The van der Waals surface area contributed by atoms with Crippen LogP contribution in [0.15, 0.2) is 67.4 Å². The van der Waals surface area contributed by atoms with E-state index < -0.39 is 12.1 Å². The van der Waals surface area contributed by atoms with Gasteiger partial charge in [0.1, 0.15) is 5.75 Å². The number of carboxylic acid groups (broad SMARTS) is 1. The summed E-state index contributed by atoms with van der Waals surface area (Å²) < 4.78 is 5.35. The minimum absolute atomic E-state index is 0. The Kier molecular flexibility index (Phi) is 9.14. The lowest BCUT2D eigenvalue weighted by atomic mass is 9.73. The molecule has 6 rings (SSSR count). The monoisotopic (exact) mass is 516 g/mol. The highest BCUT2D eigenvalue weighted by Crippen LogP contribution is 2.42. The molecule has 186 valence electrons. The summed E-state index contributed by atoms with van der Waals surface area (Å²) in [5, 5.41) is 21.1. The van der Waals surface area contributed by atoms with E-state index in [4.69, 9.17) is 21.4 Å². The number of aromatic carboxylic acids is 1. The third kappa shape index (κ3) is 5.96. The molecule has 0 unspecified atom stereocenters. The van der Waals surface area contributed by atoms with Crippen LogP contribution in [0.3, 0.4) is 0 Å². The van der Waals surface area contributed by atoms with Gasteiger partial charge in [-0.15, -0.1) is 19.0 Å². The zero-order chi connectivity index (χ0) is 24.2. The summed E-state index contributed by atoms with van der Waals surface area (Å²) in [7, 11) is 1.66. The van der Waals surface area contributed by atoms with E-state index in [-0.39, 0.29) is 24.0 Å². The normalized spacial score (nSPS) is 23.4. The number of halogens is 2. The predicted molar refractivity (Wildman–Crippen MR) is 141 cm³/mol. The first-order valence-electron chi connectivity index (χ1n) is 11.4.